The van der Waals surface area contributed by atoms with Crippen LogP contribution in [0.3, 0.4) is 0 Å². The summed E-state index contributed by atoms with van der Waals surface area (Å²) in [5.74, 6) is 11.1. The molecule has 14 atom stereocenters. The SMILES string of the molecule is CCNC1COC(OC2C(OC3C#C/C=C\C#C[C@]4(O)CC(=O)C(NC(=O)OC)=C3/C4=C/CSSSC)OC(C)C(NOC3CC(O)C(SC(=O)c4c(C)c(I)c(O)c(OC)c4OC)C(C)O3)C2O)CC1OC. The summed E-state index contributed by atoms with van der Waals surface area (Å²) in [6.45, 7) is 7.84. The average molecular weight is 1210 g/mol. The Morgan fingerprint density at radius 3 is 2.44 bits per heavy atom. The zero-order valence-electron chi connectivity index (χ0n) is 41.6. The van der Waals surface area contributed by atoms with Crippen LogP contribution in [0.15, 0.2) is 35.1 Å². The van der Waals surface area contributed by atoms with E-state index in [1.54, 1.807) is 34.0 Å². The van der Waals surface area contributed by atoms with Crippen molar-refractivity contribution < 1.29 is 82.3 Å². The first-order valence-corrected chi connectivity index (χ1v) is 29.1. The van der Waals surface area contributed by atoms with Crippen LogP contribution in [-0.2, 0) is 42.8 Å². The molecule has 20 nitrogen and oxygen atoms in total. The topological polar surface area (TPSA) is 261 Å². The minimum atomic E-state index is -2.03. The first kappa shape index (κ1) is 59.5. The summed E-state index contributed by atoms with van der Waals surface area (Å²) < 4.78 is 54.2. The number of aliphatic hydroxyl groups is 3. The molecule has 1 amide bonds. The summed E-state index contributed by atoms with van der Waals surface area (Å²) in [6.07, 6.45) is -5.79. The summed E-state index contributed by atoms with van der Waals surface area (Å²) in [4.78, 5) is 46.8. The molecule has 13 unspecified atom stereocenters. The second-order valence-corrected chi connectivity index (χ2v) is 23.7. The number of phenols is 1. The molecule has 2 bridgehead atoms. The third kappa shape index (κ3) is 14.0. The number of halogens is 1. The molecule has 0 aromatic heterocycles. The van der Waals surface area contributed by atoms with Gasteiger partial charge in [-0.2, -0.15) is 5.48 Å². The Bertz CT molecular complexity index is 2380. The summed E-state index contributed by atoms with van der Waals surface area (Å²) in [5.41, 5.74) is 1.43. The third-order valence-electron chi connectivity index (χ3n) is 12.5. The standard InChI is InChI=1S/C48H62IN3O17S4/c1-10-50-27-22-64-32(20-31(27)60-5)68-43-40(56)37(52-69-33-19-28(53)44(25(4)65-33)72-45(57)34-23(2)36(49)39(55)42(62-7)41(34)61-6)24(3)66-46(43)67-30-15-13-11-12-14-17-48(59)21-29(54)38(51-47(58)63-8)35(30)26(48)16-18-71-73-70-9/h11-12,16,24-25,27-28,30-33,37,40,43-44,46,50,52-53,55-56,59H,10,18-22H2,1-9H3,(H,51,58)/b12-11-,26-16-/t24?,25?,27?,28?,30?,31?,32?,33?,37?,40?,43?,44?,46?,48-/m0/s1. The van der Waals surface area contributed by atoms with E-state index in [9.17, 15) is 34.8 Å². The van der Waals surface area contributed by atoms with Crippen LogP contribution in [0.5, 0.6) is 17.2 Å². The van der Waals surface area contributed by atoms with E-state index in [0.717, 1.165) is 18.9 Å². The van der Waals surface area contributed by atoms with Crippen molar-refractivity contribution in [2.24, 2.45) is 0 Å². The Hall–Kier alpha value is -2.78. The normalized spacial score (nSPS) is 33.2. The lowest BCUT2D eigenvalue weighted by Crippen LogP contribution is -2.65. The van der Waals surface area contributed by atoms with Crippen molar-refractivity contribution in [3.05, 3.63) is 49.8 Å². The van der Waals surface area contributed by atoms with E-state index >= 15 is 0 Å². The maximum absolute atomic E-state index is 14.0. The maximum atomic E-state index is 14.0. The van der Waals surface area contributed by atoms with Crippen molar-refractivity contribution >= 4 is 82.8 Å². The van der Waals surface area contributed by atoms with Gasteiger partial charge in [0.15, 0.2) is 41.8 Å². The van der Waals surface area contributed by atoms with Crippen LogP contribution in [-0.4, -0.2) is 176 Å². The molecule has 3 saturated heterocycles. The van der Waals surface area contributed by atoms with E-state index in [1.807, 2.05) is 35.8 Å². The fourth-order valence-electron chi connectivity index (χ4n) is 8.92. The minimum absolute atomic E-state index is 0.00182. The quantitative estimate of drug-likeness (QED) is 0.0339. The number of allylic oxidation sites excluding steroid dienone is 3. The summed E-state index contributed by atoms with van der Waals surface area (Å²) in [7, 11) is 9.93. The van der Waals surface area contributed by atoms with Gasteiger partial charge in [-0.15, -0.1) is 0 Å². The van der Waals surface area contributed by atoms with Crippen molar-refractivity contribution in [1.82, 2.24) is 16.1 Å². The number of fused-ring (bicyclic) bond motifs is 2. The number of ketones is 1. The van der Waals surface area contributed by atoms with Crippen molar-refractivity contribution in [3.63, 3.8) is 0 Å². The van der Waals surface area contributed by atoms with Gasteiger partial charge in [-0.05, 0) is 83.7 Å². The highest BCUT2D eigenvalue weighted by Crippen LogP contribution is 2.47. The number of hydrogen-bond acceptors (Lipinski definition) is 23. The van der Waals surface area contributed by atoms with Gasteiger partial charge in [0, 0.05) is 36.9 Å². The van der Waals surface area contributed by atoms with Gasteiger partial charge >= 0.3 is 6.09 Å². The number of aliphatic hydroxyl groups excluding tert-OH is 2. The van der Waals surface area contributed by atoms with E-state index < -0.39 is 95.8 Å². The molecule has 0 spiro atoms. The largest absolute Gasteiger partial charge is 0.503 e. The number of ether oxygens (including phenoxy) is 9. The van der Waals surface area contributed by atoms with E-state index in [0.29, 0.717) is 21.4 Å². The molecule has 3 aliphatic heterocycles. The Kier molecular flexibility index (Phi) is 22.4. The Balaban J connectivity index is 1.28. The number of methoxy groups -OCH3 is 4. The Morgan fingerprint density at radius 1 is 1.03 bits per heavy atom. The van der Waals surface area contributed by atoms with Gasteiger partial charge in [-0.25, -0.2) is 4.79 Å². The van der Waals surface area contributed by atoms with E-state index in [-0.39, 0.29) is 71.2 Å². The number of phenolic OH excluding ortho intramolecular Hbond substituents is 1. The molecule has 2 aliphatic carbocycles. The first-order valence-electron chi connectivity index (χ1n) is 23.1. The van der Waals surface area contributed by atoms with E-state index in [1.165, 1.54) is 57.8 Å². The zero-order chi connectivity index (χ0) is 53.1. The van der Waals surface area contributed by atoms with Crippen LogP contribution in [0.2, 0.25) is 0 Å². The number of nitrogens with one attached hydrogen (secondary N) is 3. The fraction of sp³-hybridized carbons (Fsp3) is 0.604. The minimum Gasteiger partial charge on any atom is -0.503 e. The lowest BCUT2D eigenvalue weighted by atomic mass is 9.75. The van der Waals surface area contributed by atoms with Crippen molar-refractivity contribution in [1.29, 1.82) is 0 Å². The number of carbonyl (C=O) groups is 3. The van der Waals surface area contributed by atoms with Gasteiger partial charge in [0.05, 0.1) is 90.9 Å². The van der Waals surface area contributed by atoms with Gasteiger partial charge in [0.2, 0.25) is 10.9 Å². The molecule has 3 heterocycles. The van der Waals surface area contributed by atoms with Gasteiger partial charge in [-0.3, -0.25) is 19.7 Å². The molecule has 1 aromatic rings. The number of amides is 1. The molecule has 0 radical (unpaired) electrons. The Labute approximate surface area is 454 Å². The first-order chi connectivity index (χ1) is 34.9. The van der Waals surface area contributed by atoms with E-state index in [2.05, 4.69) is 39.8 Å². The molecule has 1 aromatic carbocycles. The highest BCUT2D eigenvalue weighted by molar-refractivity contribution is 14.1. The average Bonchev–Trinajstić information content (AvgIpc) is 3.36. The lowest BCUT2D eigenvalue weighted by Gasteiger charge is -2.46. The number of benzene rings is 1. The van der Waals surface area contributed by atoms with Crippen molar-refractivity contribution in [2.75, 3.05) is 53.6 Å². The summed E-state index contributed by atoms with van der Waals surface area (Å²) in [6, 6.07) is -1.21. The molecule has 73 heavy (non-hydrogen) atoms. The molecule has 3 fully saturated rings. The molecule has 5 aliphatic rings. The molecular formula is C48H62IN3O17S4. The van der Waals surface area contributed by atoms with Gasteiger partial charge < -0.3 is 68.4 Å². The highest BCUT2D eigenvalue weighted by atomic mass is 127. The van der Waals surface area contributed by atoms with Crippen LogP contribution in [0.4, 0.5) is 4.79 Å². The zero-order valence-corrected chi connectivity index (χ0v) is 47.0. The molecular weight excluding hydrogens is 1150 g/mol. The summed E-state index contributed by atoms with van der Waals surface area (Å²) >= 11 is 2.78. The monoisotopic (exact) mass is 1210 g/mol. The number of hydrogen-bond donors (Lipinski definition) is 7. The molecule has 6 rings (SSSR count). The van der Waals surface area contributed by atoms with E-state index in [4.69, 9.17) is 47.5 Å². The van der Waals surface area contributed by atoms with Gasteiger partial charge in [0.25, 0.3) is 0 Å². The van der Waals surface area contributed by atoms with Crippen LogP contribution < -0.4 is 25.6 Å². The fourth-order valence-corrected chi connectivity index (χ4v) is 13.0. The predicted molar refractivity (Wildman–Crippen MR) is 284 cm³/mol. The number of likely N-dealkylation sites (N-methyl/N-ethyl adjacent to an activating group) is 1. The van der Waals surface area contributed by atoms with Crippen molar-refractivity contribution in [2.45, 2.75) is 131 Å². The molecule has 7 N–H and O–H groups in total. The van der Waals surface area contributed by atoms with Gasteiger partial charge in [-0.1, -0.05) is 70.0 Å². The Morgan fingerprint density at radius 2 is 1.77 bits per heavy atom. The lowest BCUT2D eigenvalue weighted by molar-refractivity contribution is -0.336. The number of thioether (sulfide) groups is 1. The summed E-state index contributed by atoms with van der Waals surface area (Å²) in [5, 5.41) is 51.5. The molecule has 0 saturated carbocycles. The van der Waals surface area contributed by atoms with Gasteiger partial charge in [0.1, 0.15) is 18.3 Å². The van der Waals surface area contributed by atoms with Crippen molar-refractivity contribution in [3.8, 4) is 40.9 Å². The number of Topliss-reactive ketones (excluding diaryl/α,β-unsaturated/α-hetero) is 1. The maximum Gasteiger partial charge on any atom is 0.411 e. The second kappa shape index (κ2) is 27.5. The number of hydroxylamine groups is 1. The van der Waals surface area contributed by atoms with Crippen LogP contribution >= 0.6 is 65.8 Å². The molecule has 25 heteroatoms. The number of alkyl carbamates (subject to hydrolysis) is 1. The highest BCUT2D eigenvalue weighted by Gasteiger charge is 2.51. The predicted octanol–water partition coefficient (Wildman–Crippen LogP) is 4.04. The van der Waals surface area contributed by atoms with Crippen LogP contribution in [0.1, 0.15) is 56.0 Å². The molecule has 402 valence electrons. The van der Waals surface area contributed by atoms with Crippen LogP contribution in [0.25, 0.3) is 0 Å². The van der Waals surface area contributed by atoms with Crippen LogP contribution in [0, 0.1) is 34.2 Å². The number of aromatic hydroxyl groups is 1. The smallest absolute Gasteiger partial charge is 0.411 e. The number of carbonyl (C=O) groups excluding carboxylic acids is 3. The number of rotatable bonds is 19. The second-order valence-electron chi connectivity index (χ2n) is 17.1. The third-order valence-corrected chi connectivity index (χ3v) is 18.9.